The number of halogens is 2. The van der Waals surface area contributed by atoms with Crippen LogP contribution in [0.4, 0.5) is 4.39 Å². The van der Waals surface area contributed by atoms with Gasteiger partial charge in [-0.2, -0.15) is 0 Å². The predicted molar refractivity (Wildman–Crippen MR) is 80.4 cm³/mol. The molecule has 0 fully saturated rings. The number of aryl methyl sites for hydroxylation is 1. The topological polar surface area (TPSA) is 53.1 Å². The minimum Gasteiger partial charge on any atom is -0.477 e. The maximum atomic E-state index is 14.1. The molecule has 1 aromatic heterocycles. The molecule has 5 heteroatoms. The average Bonchev–Trinajstić information content (AvgIpc) is 2.84. The van der Waals surface area contributed by atoms with E-state index in [2.05, 4.69) is 4.98 Å². The van der Waals surface area contributed by atoms with E-state index < -0.39 is 11.8 Å². The number of carboxylic acids is 1. The molecule has 0 aliphatic heterocycles. The summed E-state index contributed by atoms with van der Waals surface area (Å²) in [5.41, 5.74) is 1.87. The summed E-state index contributed by atoms with van der Waals surface area (Å²) < 4.78 is 14.1. The Morgan fingerprint density at radius 2 is 1.95 bits per heavy atom. The van der Waals surface area contributed by atoms with E-state index in [1.165, 1.54) is 6.07 Å². The van der Waals surface area contributed by atoms with Crippen LogP contribution in [-0.2, 0) is 0 Å². The van der Waals surface area contributed by atoms with E-state index in [1.807, 2.05) is 0 Å². The number of carbonyl (C=O) groups is 1. The molecule has 3 aromatic rings. The maximum Gasteiger partial charge on any atom is 0.352 e. The molecule has 0 unspecified atom stereocenters. The lowest BCUT2D eigenvalue weighted by atomic mass is 9.98. The summed E-state index contributed by atoms with van der Waals surface area (Å²) in [5, 5.41) is 10.5. The fourth-order valence-corrected chi connectivity index (χ4v) is 2.69. The van der Waals surface area contributed by atoms with Gasteiger partial charge in [-0.1, -0.05) is 29.8 Å². The van der Waals surface area contributed by atoms with Crippen LogP contribution in [-0.4, -0.2) is 16.1 Å². The zero-order chi connectivity index (χ0) is 15.1. The molecule has 0 atom stereocenters. The number of hydrogen-bond acceptors (Lipinski definition) is 1. The van der Waals surface area contributed by atoms with Gasteiger partial charge < -0.3 is 10.1 Å². The molecule has 0 saturated heterocycles. The van der Waals surface area contributed by atoms with Crippen LogP contribution >= 0.6 is 11.6 Å². The van der Waals surface area contributed by atoms with Gasteiger partial charge in [0.2, 0.25) is 0 Å². The second-order valence-electron chi connectivity index (χ2n) is 4.75. The van der Waals surface area contributed by atoms with Crippen LogP contribution in [0.25, 0.3) is 22.0 Å². The zero-order valence-electron chi connectivity index (χ0n) is 11.1. The van der Waals surface area contributed by atoms with E-state index in [9.17, 15) is 14.3 Å². The first-order chi connectivity index (χ1) is 10.0. The van der Waals surface area contributed by atoms with Gasteiger partial charge in [0.05, 0.1) is 0 Å². The van der Waals surface area contributed by atoms with E-state index >= 15 is 0 Å². The third-order valence-corrected chi connectivity index (χ3v) is 3.93. The first-order valence-electron chi connectivity index (χ1n) is 6.29. The largest absolute Gasteiger partial charge is 0.477 e. The summed E-state index contributed by atoms with van der Waals surface area (Å²) in [6.07, 6.45) is 0. The van der Waals surface area contributed by atoms with Gasteiger partial charge in [-0.3, -0.25) is 0 Å². The van der Waals surface area contributed by atoms with Crippen LogP contribution in [0.15, 0.2) is 36.4 Å². The van der Waals surface area contributed by atoms with Gasteiger partial charge in [-0.15, -0.1) is 0 Å². The lowest BCUT2D eigenvalue weighted by Gasteiger charge is -2.06. The molecule has 106 valence electrons. The summed E-state index contributed by atoms with van der Waals surface area (Å²) in [7, 11) is 0. The highest BCUT2D eigenvalue weighted by Crippen LogP contribution is 2.38. The van der Waals surface area contributed by atoms with Crippen molar-refractivity contribution in [3.63, 3.8) is 0 Å². The van der Waals surface area contributed by atoms with Crippen molar-refractivity contribution in [2.75, 3.05) is 0 Å². The van der Waals surface area contributed by atoms with Gasteiger partial charge in [0.15, 0.2) is 0 Å². The number of H-pyrrole nitrogens is 1. The van der Waals surface area contributed by atoms with Gasteiger partial charge in [0, 0.05) is 27.1 Å². The monoisotopic (exact) mass is 303 g/mol. The number of fused-ring (bicyclic) bond motifs is 1. The number of aromatic carboxylic acids is 1. The molecule has 0 radical (unpaired) electrons. The summed E-state index contributed by atoms with van der Waals surface area (Å²) in [6, 6.07) is 9.48. The predicted octanol–water partition coefficient (Wildman–Crippen LogP) is 4.63. The molecule has 3 nitrogen and oxygen atoms in total. The van der Waals surface area contributed by atoms with Gasteiger partial charge in [0.25, 0.3) is 0 Å². The highest BCUT2D eigenvalue weighted by Gasteiger charge is 2.22. The van der Waals surface area contributed by atoms with Gasteiger partial charge in [-0.25, -0.2) is 9.18 Å². The molecule has 3 rings (SSSR count). The number of hydrogen-bond donors (Lipinski definition) is 2. The Kier molecular flexibility index (Phi) is 3.18. The molecular formula is C16H11ClFNO2. The maximum absolute atomic E-state index is 14.1. The van der Waals surface area contributed by atoms with Crippen molar-refractivity contribution in [2.24, 2.45) is 0 Å². The summed E-state index contributed by atoms with van der Waals surface area (Å²) in [5.74, 6) is -1.61. The van der Waals surface area contributed by atoms with Gasteiger partial charge in [0.1, 0.15) is 11.5 Å². The lowest BCUT2D eigenvalue weighted by molar-refractivity contribution is 0.0692. The molecule has 0 bridgehead atoms. The minimum atomic E-state index is -1.14. The molecule has 1 heterocycles. The van der Waals surface area contributed by atoms with Crippen molar-refractivity contribution in [2.45, 2.75) is 6.92 Å². The normalized spacial score (nSPS) is 11.0. The van der Waals surface area contributed by atoms with Crippen LogP contribution in [0.1, 0.15) is 16.1 Å². The van der Waals surface area contributed by atoms with Crippen molar-refractivity contribution in [3.05, 3.63) is 58.5 Å². The Hall–Kier alpha value is -2.33. The number of benzene rings is 2. The van der Waals surface area contributed by atoms with Crippen molar-refractivity contribution in [3.8, 4) is 11.1 Å². The SMILES string of the molecule is Cc1c(Cl)ccc2[nH]c(C(=O)O)c(-c3ccccc3F)c12. The van der Waals surface area contributed by atoms with Crippen molar-refractivity contribution < 1.29 is 14.3 Å². The molecule has 0 spiro atoms. The van der Waals surface area contributed by atoms with Crippen LogP contribution in [0.3, 0.4) is 0 Å². The van der Waals surface area contributed by atoms with E-state index in [0.717, 1.165) is 5.56 Å². The molecule has 21 heavy (non-hydrogen) atoms. The Morgan fingerprint density at radius 1 is 1.24 bits per heavy atom. The van der Waals surface area contributed by atoms with Crippen LogP contribution in [0.2, 0.25) is 5.02 Å². The van der Waals surface area contributed by atoms with Crippen molar-refractivity contribution in [1.29, 1.82) is 0 Å². The Balaban J connectivity index is 2.49. The van der Waals surface area contributed by atoms with Gasteiger partial charge >= 0.3 is 5.97 Å². The summed E-state index contributed by atoms with van der Waals surface area (Å²) in [6.45, 7) is 1.79. The fourth-order valence-electron chi connectivity index (χ4n) is 2.53. The number of aromatic amines is 1. The molecule has 0 aliphatic carbocycles. The van der Waals surface area contributed by atoms with E-state index in [4.69, 9.17) is 11.6 Å². The number of rotatable bonds is 2. The zero-order valence-corrected chi connectivity index (χ0v) is 11.8. The fraction of sp³-hybridized carbons (Fsp3) is 0.0625. The summed E-state index contributed by atoms with van der Waals surface area (Å²) >= 11 is 6.12. The molecule has 0 amide bonds. The number of aromatic nitrogens is 1. The van der Waals surface area contributed by atoms with Crippen LogP contribution in [0.5, 0.6) is 0 Å². The third-order valence-electron chi connectivity index (χ3n) is 3.52. The van der Waals surface area contributed by atoms with Crippen molar-refractivity contribution >= 4 is 28.5 Å². The van der Waals surface area contributed by atoms with Crippen molar-refractivity contribution in [1.82, 2.24) is 4.98 Å². The van der Waals surface area contributed by atoms with Gasteiger partial charge in [-0.05, 0) is 30.7 Å². The Labute approximate surface area is 125 Å². The van der Waals surface area contributed by atoms with E-state index in [1.54, 1.807) is 37.3 Å². The highest BCUT2D eigenvalue weighted by molar-refractivity contribution is 6.32. The highest BCUT2D eigenvalue weighted by atomic mass is 35.5. The van der Waals surface area contributed by atoms with Crippen LogP contribution in [0, 0.1) is 12.7 Å². The Bertz CT molecular complexity index is 870. The molecule has 0 saturated carbocycles. The average molecular weight is 304 g/mol. The first-order valence-corrected chi connectivity index (χ1v) is 6.67. The third kappa shape index (κ3) is 2.08. The standard InChI is InChI=1S/C16H11ClFNO2/c1-8-10(17)6-7-12-13(8)14(15(19-12)16(20)21)9-4-2-3-5-11(9)18/h2-7,19H,1H3,(H,20,21). The smallest absolute Gasteiger partial charge is 0.352 e. The molecule has 0 aliphatic rings. The molecule has 2 aromatic carbocycles. The second kappa shape index (κ2) is 4.90. The second-order valence-corrected chi connectivity index (χ2v) is 5.16. The quantitative estimate of drug-likeness (QED) is 0.725. The van der Waals surface area contributed by atoms with E-state index in [-0.39, 0.29) is 11.3 Å². The summed E-state index contributed by atoms with van der Waals surface area (Å²) in [4.78, 5) is 14.3. The lowest BCUT2D eigenvalue weighted by Crippen LogP contribution is -1.99. The first kappa shape index (κ1) is 13.6. The van der Waals surface area contributed by atoms with E-state index in [0.29, 0.717) is 21.5 Å². The Morgan fingerprint density at radius 3 is 2.62 bits per heavy atom. The minimum absolute atomic E-state index is 0.0412. The number of carboxylic acid groups (broad SMARTS) is 1. The van der Waals surface area contributed by atoms with Crippen LogP contribution < -0.4 is 0 Å². The molecule has 2 N–H and O–H groups in total. The number of nitrogens with one attached hydrogen (secondary N) is 1. The molecular weight excluding hydrogens is 293 g/mol.